The van der Waals surface area contributed by atoms with Crippen LogP contribution in [0.2, 0.25) is 0 Å². The number of nitrogens with one attached hydrogen (secondary N) is 2. The quantitative estimate of drug-likeness (QED) is 0.497. The molecule has 0 saturated heterocycles. The second-order valence-corrected chi connectivity index (χ2v) is 5.42. The third-order valence-corrected chi connectivity index (χ3v) is 3.44. The van der Waals surface area contributed by atoms with Gasteiger partial charge in [0.1, 0.15) is 11.5 Å². The van der Waals surface area contributed by atoms with E-state index in [9.17, 15) is 4.79 Å². The molecule has 1 amide bonds. The summed E-state index contributed by atoms with van der Waals surface area (Å²) in [6, 6.07) is 14.8. The van der Waals surface area contributed by atoms with Gasteiger partial charge in [0.05, 0.1) is 19.3 Å². The summed E-state index contributed by atoms with van der Waals surface area (Å²) in [5.74, 6) is 1.43. The molecule has 7 nitrogen and oxygen atoms in total. The van der Waals surface area contributed by atoms with Crippen LogP contribution in [0.5, 0.6) is 11.5 Å². The molecule has 0 aliphatic rings. The summed E-state index contributed by atoms with van der Waals surface area (Å²) in [5.41, 5.74) is 7.61. The van der Waals surface area contributed by atoms with Crippen molar-refractivity contribution < 1.29 is 14.3 Å². The number of benzene rings is 2. The lowest BCUT2D eigenvalue weighted by Crippen LogP contribution is -2.28. The van der Waals surface area contributed by atoms with Gasteiger partial charge in [-0.3, -0.25) is 4.79 Å². The number of amides is 1. The fraction of sp³-hybridized carbons (Fsp3) is 0.263. The van der Waals surface area contributed by atoms with Crippen LogP contribution < -0.4 is 25.8 Å². The predicted octanol–water partition coefficient (Wildman–Crippen LogP) is 2.14. The molecule has 0 aliphatic heterocycles. The number of nitrogens with zero attached hydrogens (tertiary/aromatic N) is 1. The lowest BCUT2D eigenvalue weighted by molar-refractivity contribution is -0.122. The molecule has 0 radical (unpaired) electrons. The van der Waals surface area contributed by atoms with Crippen LogP contribution in [-0.2, 0) is 11.3 Å². The topological polar surface area (TPSA) is 98.0 Å². The molecule has 0 aromatic heterocycles. The minimum Gasteiger partial charge on any atom is -0.495 e. The molecule has 0 spiro atoms. The molecule has 0 fully saturated rings. The SMILES string of the molecule is CCNC(=O)COc1cccc(CN=C(N)Nc2ccccc2OC)c1. The summed E-state index contributed by atoms with van der Waals surface area (Å²) in [4.78, 5) is 15.8. The number of rotatable bonds is 8. The predicted molar refractivity (Wildman–Crippen MR) is 103 cm³/mol. The number of guanidine groups is 1. The van der Waals surface area contributed by atoms with E-state index in [1.54, 1.807) is 13.2 Å². The Kier molecular flexibility index (Phi) is 7.30. The number of para-hydroxylation sites is 2. The Bertz CT molecular complexity index is 762. The van der Waals surface area contributed by atoms with E-state index in [1.807, 2.05) is 49.4 Å². The lowest BCUT2D eigenvalue weighted by Gasteiger charge is -2.10. The van der Waals surface area contributed by atoms with Crippen molar-refractivity contribution in [1.82, 2.24) is 5.32 Å². The van der Waals surface area contributed by atoms with Crippen LogP contribution in [0.3, 0.4) is 0 Å². The van der Waals surface area contributed by atoms with Gasteiger partial charge in [-0.15, -0.1) is 0 Å². The smallest absolute Gasteiger partial charge is 0.257 e. The Morgan fingerprint density at radius 2 is 2.00 bits per heavy atom. The molecular weight excluding hydrogens is 332 g/mol. The van der Waals surface area contributed by atoms with Crippen molar-refractivity contribution >= 4 is 17.6 Å². The Morgan fingerprint density at radius 1 is 1.19 bits per heavy atom. The molecule has 0 atom stereocenters. The van der Waals surface area contributed by atoms with E-state index in [2.05, 4.69) is 15.6 Å². The van der Waals surface area contributed by atoms with Crippen molar-refractivity contribution in [3.8, 4) is 11.5 Å². The summed E-state index contributed by atoms with van der Waals surface area (Å²) in [6.07, 6.45) is 0. The molecule has 0 unspecified atom stereocenters. The number of nitrogens with two attached hydrogens (primary N) is 1. The van der Waals surface area contributed by atoms with Gasteiger partial charge in [-0.1, -0.05) is 24.3 Å². The van der Waals surface area contributed by atoms with Crippen molar-refractivity contribution in [3.63, 3.8) is 0 Å². The lowest BCUT2D eigenvalue weighted by atomic mass is 10.2. The second kappa shape index (κ2) is 9.93. The standard InChI is InChI=1S/C19H24N4O3/c1-3-21-18(24)13-26-15-8-6-7-14(11-15)12-22-19(20)23-16-9-4-5-10-17(16)25-2/h4-11H,3,12-13H2,1-2H3,(H,21,24)(H3,20,22,23). The number of anilines is 1. The average Bonchev–Trinajstić information content (AvgIpc) is 2.66. The number of methoxy groups -OCH3 is 1. The highest BCUT2D eigenvalue weighted by atomic mass is 16.5. The molecular formula is C19H24N4O3. The molecule has 26 heavy (non-hydrogen) atoms. The molecule has 0 bridgehead atoms. The number of hydrogen-bond donors (Lipinski definition) is 3. The maximum atomic E-state index is 11.4. The Morgan fingerprint density at radius 3 is 2.77 bits per heavy atom. The van der Waals surface area contributed by atoms with Crippen LogP contribution in [0.4, 0.5) is 5.69 Å². The monoisotopic (exact) mass is 356 g/mol. The number of likely N-dealkylation sites (N-methyl/N-ethyl adjacent to an activating group) is 1. The van der Waals surface area contributed by atoms with Gasteiger partial charge in [-0.05, 0) is 36.8 Å². The molecule has 2 aromatic carbocycles. The summed E-state index contributed by atoms with van der Waals surface area (Å²) in [6.45, 7) is 2.81. The van der Waals surface area contributed by atoms with Crippen molar-refractivity contribution in [1.29, 1.82) is 0 Å². The number of carbonyl (C=O) groups is 1. The number of carbonyl (C=O) groups excluding carboxylic acids is 1. The number of ether oxygens (including phenoxy) is 2. The van der Waals surface area contributed by atoms with Crippen LogP contribution in [0, 0.1) is 0 Å². The molecule has 0 heterocycles. The zero-order valence-corrected chi connectivity index (χ0v) is 15.0. The third-order valence-electron chi connectivity index (χ3n) is 3.44. The van der Waals surface area contributed by atoms with Gasteiger partial charge < -0.3 is 25.8 Å². The highest BCUT2D eigenvalue weighted by molar-refractivity contribution is 5.93. The first-order chi connectivity index (χ1) is 12.6. The Labute approximate surface area is 153 Å². The first kappa shape index (κ1) is 19.1. The van der Waals surface area contributed by atoms with E-state index >= 15 is 0 Å². The molecule has 0 saturated carbocycles. The largest absolute Gasteiger partial charge is 0.495 e. The Balaban J connectivity index is 1.94. The average molecular weight is 356 g/mol. The summed E-state index contributed by atoms with van der Waals surface area (Å²) >= 11 is 0. The van der Waals surface area contributed by atoms with Gasteiger partial charge in [-0.2, -0.15) is 0 Å². The minimum atomic E-state index is -0.152. The van der Waals surface area contributed by atoms with Crippen molar-refractivity contribution in [2.45, 2.75) is 13.5 Å². The van der Waals surface area contributed by atoms with Gasteiger partial charge in [0.2, 0.25) is 0 Å². The highest BCUT2D eigenvalue weighted by Gasteiger charge is 2.04. The summed E-state index contributed by atoms with van der Waals surface area (Å²) < 4.78 is 10.7. The van der Waals surface area contributed by atoms with Crippen LogP contribution in [0.1, 0.15) is 12.5 Å². The third kappa shape index (κ3) is 6.01. The van der Waals surface area contributed by atoms with E-state index in [-0.39, 0.29) is 18.5 Å². The second-order valence-electron chi connectivity index (χ2n) is 5.42. The van der Waals surface area contributed by atoms with Gasteiger partial charge >= 0.3 is 0 Å². The number of hydrogen-bond acceptors (Lipinski definition) is 4. The van der Waals surface area contributed by atoms with Crippen LogP contribution in [0.25, 0.3) is 0 Å². The van der Waals surface area contributed by atoms with E-state index in [1.165, 1.54) is 0 Å². The van der Waals surface area contributed by atoms with Crippen LogP contribution in [0.15, 0.2) is 53.5 Å². The Hall–Kier alpha value is -3.22. The van der Waals surface area contributed by atoms with E-state index in [0.717, 1.165) is 11.3 Å². The molecule has 0 aliphatic carbocycles. The molecule has 2 rings (SSSR count). The van der Waals surface area contributed by atoms with E-state index < -0.39 is 0 Å². The van der Waals surface area contributed by atoms with Crippen LogP contribution in [-0.4, -0.2) is 32.1 Å². The van der Waals surface area contributed by atoms with Crippen molar-refractivity contribution in [2.24, 2.45) is 10.7 Å². The maximum Gasteiger partial charge on any atom is 0.257 e. The summed E-state index contributed by atoms with van der Waals surface area (Å²) in [5, 5.41) is 5.70. The fourth-order valence-corrected chi connectivity index (χ4v) is 2.23. The van der Waals surface area contributed by atoms with Crippen molar-refractivity contribution in [2.75, 3.05) is 25.6 Å². The van der Waals surface area contributed by atoms with Gasteiger partial charge in [-0.25, -0.2) is 4.99 Å². The van der Waals surface area contributed by atoms with Crippen LogP contribution >= 0.6 is 0 Å². The zero-order chi connectivity index (χ0) is 18.8. The number of aliphatic imine (C=N–C) groups is 1. The van der Waals surface area contributed by atoms with E-state index in [4.69, 9.17) is 15.2 Å². The molecule has 138 valence electrons. The fourth-order valence-electron chi connectivity index (χ4n) is 2.23. The van der Waals surface area contributed by atoms with E-state index in [0.29, 0.717) is 24.6 Å². The van der Waals surface area contributed by atoms with Gasteiger partial charge in [0.25, 0.3) is 5.91 Å². The first-order valence-corrected chi connectivity index (χ1v) is 8.30. The van der Waals surface area contributed by atoms with Crippen molar-refractivity contribution in [3.05, 3.63) is 54.1 Å². The summed E-state index contributed by atoms with van der Waals surface area (Å²) in [7, 11) is 1.60. The minimum absolute atomic E-state index is 0.0158. The maximum absolute atomic E-state index is 11.4. The van der Waals surface area contributed by atoms with Gasteiger partial charge in [0, 0.05) is 6.54 Å². The molecule has 7 heteroatoms. The normalized spacial score (nSPS) is 10.9. The molecule has 2 aromatic rings. The van der Waals surface area contributed by atoms with Gasteiger partial charge in [0.15, 0.2) is 12.6 Å². The first-order valence-electron chi connectivity index (χ1n) is 8.30. The highest BCUT2D eigenvalue weighted by Crippen LogP contribution is 2.22. The molecule has 4 N–H and O–H groups in total. The zero-order valence-electron chi connectivity index (χ0n) is 15.0.